The summed E-state index contributed by atoms with van der Waals surface area (Å²) in [7, 11) is 1.39. The predicted octanol–water partition coefficient (Wildman–Crippen LogP) is 5.43. The van der Waals surface area contributed by atoms with Crippen LogP contribution in [-0.4, -0.2) is 29.9 Å². The third-order valence-corrected chi connectivity index (χ3v) is 5.74. The maximum Gasteiger partial charge on any atom is 0.305 e. The molecule has 0 aliphatic heterocycles. The standard InChI is InChI=1S/C27H31N3O4/c1-19(27(33)30-23-11-7-9-21-10-8-18-28-26(21)23)20-14-16-22(17-15-20)29-24(31)12-5-3-4-6-13-25(32)34-2/h7-11,14-19H,3-6,12-13H2,1-2H3,(H,29,31)(H,30,33). The van der Waals surface area contributed by atoms with E-state index in [4.69, 9.17) is 0 Å². The van der Waals surface area contributed by atoms with Gasteiger partial charge < -0.3 is 15.4 Å². The first-order valence-electron chi connectivity index (χ1n) is 11.6. The molecule has 1 unspecified atom stereocenters. The molecule has 0 spiro atoms. The predicted molar refractivity (Wildman–Crippen MR) is 134 cm³/mol. The van der Waals surface area contributed by atoms with E-state index in [0.717, 1.165) is 42.1 Å². The van der Waals surface area contributed by atoms with E-state index < -0.39 is 0 Å². The molecule has 1 aromatic heterocycles. The zero-order valence-electron chi connectivity index (χ0n) is 19.7. The van der Waals surface area contributed by atoms with Crippen molar-refractivity contribution in [3.8, 4) is 0 Å². The molecule has 0 saturated carbocycles. The molecule has 1 atom stereocenters. The highest BCUT2D eigenvalue weighted by Crippen LogP contribution is 2.24. The number of pyridine rings is 1. The number of esters is 1. The molecule has 2 aromatic carbocycles. The van der Waals surface area contributed by atoms with Gasteiger partial charge in [0, 0.05) is 30.1 Å². The van der Waals surface area contributed by atoms with Gasteiger partial charge >= 0.3 is 5.97 Å². The number of benzene rings is 2. The van der Waals surface area contributed by atoms with Crippen molar-refractivity contribution in [2.24, 2.45) is 0 Å². The van der Waals surface area contributed by atoms with Gasteiger partial charge in [0.1, 0.15) is 0 Å². The van der Waals surface area contributed by atoms with Gasteiger partial charge in [-0.1, -0.05) is 43.2 Å². The molecule has 2 amide bonds. The minimum atomic E-state index is -0.367. The molecule has 7 nitrogen and oxygen atoms in total. The highest BCUT2D eigenvalue weighted by atomic mass is 16.5. The second-order valence-corrected chi connectivity index (χ2v) is 8.25. The average molecular weight is 462 g/mol. The van der Waals surface area contributed by atoms with Gasteiger partial charge in [-0.15, -0.1) is 0 Å². The molecule has 2 N–H and O–H groups in total. The maximum absolute atomic E-state index is 12.8. The summed E-state index contributed by atoms with van der Waals surface area (Å²) in [5, 5.41) is 6.84. The number of aromatic nitrogens is 1. The van der Waals surface area contributed by atoms with E-state index in [-0.39, 0.29) is 23.7 Å². The molecule has 34 heavy (non-hydrogen) atoms. The van der Waals surface area contributed by atoms with Crippen LogP contribution < -0.4 is 10.6 Å². The Balaban J connectivity index is 1.46. The van der Waals surface area contributed by atoms with Crippen LogP contribution in [-0.2, 0) is 19.1 Å². The van der Waals surface area contributed by atoms with Crippen LogP contribution in [0.2, 0.25) is 0 Å². The van der Waals surface area contributed by atoms with E-state index in [1.54, 1.807) is 6.20 Å². The number of rotatable bonds is 11. The molecular weight excluding hydrogens is 430 g/mol. The fourth-order valence-electron chi connectivity index (χ4n) is 3.69. The molecule has 178 valence electrons. The van der Waals surface area contributed by atoms with Crippen molar-refractivity contribution in [3.05, 3.63) is 66.4 Å². The molecule has 7 heteroatoms. The lowest BCUT2D eigenvalue weighted by Gasteiger charge is -2.14. The number of hydrogen-bond acceptors (Lipinski definition) is 5. The van der Waals surface area contributed by atoms with E-state index in [0.29, 0.717) is 24.2 Å². The van der Waals surface area contributed by atoms with Crippen LogP contribution in [0.15, 0.2) is 60.8 Å². The van der Waals surface area contributed by atoms with E-state index in [2.05, 4.69) is 20.4 Å². The Morgan fingerprint density at radius 1 is 0.882 bits per heavy atom. The lowest BCUT2D eigenvalue weighted by molar-refractivity contribution is -0.140. The van der Waals surface area contributed by atoms with Crippen LogP contribution in [0.5, 0.6) is 0 Å². The molecular formula is C27H31N3O4. The Bertz CT molecular complexity index is 1120. The zero-order chi connectivity index (χ0) is 24.3. The summed E-state index contributed by atoms with van der Waals surface area (Å²) in [5.41, 5.74) is 3.00. The molecule has 1 heterocycles. The first kappa shape index (κ1) is 24.9. The number of amides is 2. The topological polar surface area (TPSA) is 97.4 Å². The number of nitrogens with zero attached hydrogens (tertiary/aromatic N) is 1. The summed E-state index contributed by atoms with van der Waals surface area (Å²) in [6.45, 7) is 1.85. The molecule has 3 aromatic rings. The summed E-state index contributed by atoms with van der Waals surface area (Å²) in [6.07, 6.45) is 5.89. The number of unbranched alkanes of at least 4 members (excludes halogenated alkanes) is 3. The molecule has 0 bridgehead atoms. The number of carbonyl (C=O) groups excluding carboxylic acids is 3. The van der Waals surface area contributed by atoms with Crippen LogP contribution >= 0.6 is 0 Å². The Kier molecular flexibility index (Phi) is 9.14. The third kappa shape index (κ3) is 7.13. The fraction of sp³-hybridized carbons (Fsp3) is 0.333. The van der Waals surface area contributed by atoms with Crippen LogP contribution in [0.4, 0.5) is 11.4 Å². The SMILES string of the molecule is COC(=O)CCCCCCC(=O)Nc1ccc(C(C)C(=O)Nc2cccc3cccnc23)cc1. The van der Waals surface area contributed by atoms with Crippen LogP contribution in [0.3, 0.4) is 0 Å². The van der Waals surface area contributed by atoms with Gasteiger partial charge in [0.25, 0.3) is 0 Å². The van der Waals surface area contributed by atoms with Crippen molar-refractivity contribution in [2.75, 3.05) is 17.7 Å². The largest absolute Gasteiger partial charge is 0.469 e. The first-order valence-corrected chi connectivity index (χ1v) is 11.6. The second kappa shape index (κ2) is 12.5. The Labute approximate surface area is 199 Å². The average Bonchev–Trinajstić information content (AvgIpc) is 2.86. The van der Waals surface area contributed by atoms with Gasteiger partial charge in [-0.2, -0.15) is 0 Å². The summed E-state index contributed by atoms with van der Waals surface area (Å²) in [4.78, 5) is 40.5. The molecule has 3 rings (SSSR count). The number of para-hydroxylation sites is 1. The number of fused-ring (bicyclic) bond motifs is 1. The van der Waals surface area contributed by atoms with E-state index >= 15 is 0 Å². The molecule has 0 aliphatic rings. The lowest BCUT2D eigenvalue weighted by atomic mass is 9.99. The molecule has 0 radical (unpaired) electrons. The minimum absolute atomic E-state index is 0.0463. The highest BCUT2D eigenvalue weighted by Gasteiger charge is 2.17. The van der Waals surface area contributed by atoms with Crippen LogP contribution in [0.1, 0.15) is 56.9 Å². The van der Waals surface area contributed by atoms with Gasteiger partial charge in [0.05, 0.1) is 24.2 Å². The van der Waals surface area contributed by atoms with Gasteiger partial charge in [-0.3, -0.25) is 19.4 Å². The van der Waals surface area contributed by atoms with Crippen molar-refractivity contribution in [2.45, 2.75) is 51.4 Å². The lowest BCUT2D eigenvalue weighted by Crippen LogP contribution is -2.19. The smallest absolute Gasteiger partial charge is 0.305 e. The molecule has 0 aliphatic carbocycles. The summed E-state index contributed by atoms with van der Waals surface area (Å²) in [6, 6.07) is 16.9. The maximum atomic E-state index is 12.8. The first-order chi connectivity index (χ1) is 16.5. The zero-order valence-corrected chi connectivity index (χ0v) is 19.7. The third-order valence-electron chi connectivity index (χ3n) is 5.74. The molecule has 0 fully saturated rings. The quantitative estimate of drug-likeness (QED) is 0.293. The van der Waals surface area contributed by atoms with Crippen molar-refractivity contribution < 1.29 is 19.1 Å². The Hall–Kier alpha value is -3.74. The van der Waals surface area contributed by atoms with Gasteiger partial charge in [0.2, 0.25) is 11.8 Å². The summed E-state index contributed by atoms with van der Waals surface area (Å²) >= 11 is 0. The minimum Gasteiger partial charge on any atom is -0.469 e. The molecule has 0 saturated heterocycles. The van der Waals surface area contributed by atoms with Gasteiger partial charge in [0.15, 0.2) is 0 Å². The normalized spacial score (nSPS) is 11.6. The van der Waals surface area contributed by atoms with Gasteiger partial charge in [-0.25, -0.2) is 0 Å². The Morgan fingerprint density at radius 3 is 2.32 bits per heavy atom. The number of methoxy groups -OCH3 is 1. The number of anilines is 2. The van der Waals surface area contributed by atoms with Crippen molar-refractivity contribution in [1.82, 2.24) is 4.98 Å². The summed E-state index contributed by atoms with van der Waals surface area (Å²) < 4.78 is 4.61. The fourth-order valence-corrected chi connectivity index (χ4v) is 3.69. The van der Waals surface area contributed by atoms with Crippen molar-refractivity contribution in [3.63, 3.8) is 0 Å². The van der Waals surface area contributed by atoms with Gasteiger partial charge in [-0.05, 0) is 49.6 Å². The highest BCUT2D eigenvalue weighted by molar-refractivity contribution is 6.02. The number of carbonyl (C=O) groups is 3. The second-order valence-electron chi connectivity index (χ2n) is 8.25. The summed E-state index contributed by atoms with van der Waals surface area (Å²) in [5.74, 6) is -0.732. The van der Waals surface area contributed by atoms with Crippen LogP contribution in [0, 0.1) is 0 Å². The van der Waals surface area contributed by atoms with E-state index in [9.17, 15) is 14.4 Å². The number of hydrogen-bond donors (Lipinski definition) is 2. The van der Waals surface area contributed by atoms with E-state index in [1.807, 2.05) is 61.5 Å². The monoisotopic (exact) mass is 461 g/mol. The van der Waals surface area contributed by atoms with Crippen LogP contribution in [0.25, 0.3) is 10.9 Å². The van der Waals surface area contributed by atoms with Crippen molar-refractivity contribution >= 4 is 40.1 Å². The van der Waals surface area contributed by atoms with Crippen molar-refractivity contribution in [1.29, 1.82) is 0 Å². The number of ether oxygens (including phenoxy) is 1. The Morgan fingerprint density at radius 2 is 1.59 bits per heavy atom. The van der Waals surface area contributed by atoms with E-state index in [1.165, 1.54) is 7.11 Å². The number of nitrogens with one attached hydrogen (secondary N) is 2.